The smallest absolute Gasteiger partial charge is 0.119 e. The number of aromatic nitrogens is 1. The highest BCUT2D eigenvalue weighted by molar-refractivity contribution is 5.93. The van der Waals surface area contributed by atoms with Crippen LogP contribution >= 0.6 is 0 Å². The number of fused-ring (bicyclic) bond motifs is 2. The van der Waals surface area contributed by atoms with Crippen LogP contribution in [0.1, 0.15) is 31.4 Å². The molecule has 0 bridgehead atoms. The molecular formula is C31H34N2O2. The monoisotopic (exact) mass is 466 g/mol. The summed E-state index contributed by atoms with van der Waals surface area (Å²) in [5, 5.41) is 12.7. The van der Waals surface area contributed by atoms with Gasteiger partial charge < -0.3 is 9.84 Å². The van der Waals surface area contributed by atoms with Crippen molar-refractivity contribution in [2.75, 3.05) is 19.7 Å². The summed E-state index contributed by atoms with van der Waals surface area (Å²) in [6, 6.07) is 27.1. The van der Waals surface area contributed by atoms with Gasteiger partial charge in [0.2, 0.25) is 0 Å². The maximum Gasteiger partial charge on any atom is 0.119 e. The summed E-state index contributed by atoms with van der Waals surface area (Å²) in [5.74, 6) is 0.806. The zero-order chi connectivity index (χ0) is 24.3. The molecule has 2 heterocycles. The number of pyridine rings is 1. The molecule has 35 heavy (non-hydrogen) atoms. The van der Waals surface area contributed by atoms with Crippen molar-refractivity contribution in [3.05, 3.63) is 96.2 Å². The lowest BCUT2D eigenvalue weighted by Crippen LogP contribution is -2.50. The minimum Gasteiger partial charge on any atom is -0.493 e. The second kappa shape index (κ2) is 10.2. The summed E-state index contributed by atoms with van der Waals surface area (Å²) in [6.45, 7) is 7.17. The first kappa shape index (κ1) is 23.5. The Morgan fingerprint density at radius 1 is 1.00 bits per heavy atom. The van der Waals surface area contributed by atoms with E-state index in [0.29, 0.717) is 19.6 Å². The highest BCUT2D eigenvalue weighted by Crippen LogP contribution is 2.31. The van der Waals surface area contributed by atoms with Gasteiger partial charge in [-0.15, -0.1) is 0 Å². The number of nitrogens with zero attached hydrogens (tertiary/aromatic N) is 2. The molecule has 0 aliphatic carbocycles. The van der Waals surface area contributed by atoms with E-state index in [1.54, 1.807) is 0 Å². The van der Waals surface area contributed by atoms with Crippen molar-refractivity contribution < 1.29 is 9.84 Å². The number of hydrogen-bond donors (Lipinski definition) is 1. The molecule has 4 heteroatoms. The van der Waals surface area contributed by atoms with Crippen LogP contribution in [-0.4, -0.2) is 40.3 Å². The number of benzene rings is 3. The van der Waals surface area contributed by atoms with E-state index in [1.165, 1.54) is 11.1 Å². The topological polar surface area (TPSA) is 45.6 Å². The van der Waals surface area contributed by atoms with Gasteiger partial charge in [0.1, 0.15) is 5.75 Å². The van der Waals surface area contributed by atoms with Gasteiger partial charge in [0.15, 0.2) is 0 Å². The average molecular weight is 467 g/mol. The number of β-amino-alcohol motifs (C(OH)–C–C–N with tert-alkyl or cyclic N) is 1. The molecule has 1 aliphatic heterocycles. The number of rotatable bonds is 8. The molecule has 1 N–H and O–H groups in total. The first-order chi connectivity index (χ1) is 17.1. The molecule has 0 amide bonds. The van der Waals surface area contributed by atoms with Gasteiger partial charge >= 0.3 is 0 Å². The molecule has 3 aromatic carbocycles. The first-order valence-electron chi connectivity index (χ1n) is 12.6. The molecule has 5 rings (SSSR count). The fourth-order valence-corrected chi connectivity index (χ4v) is 5.16. The quantitative estimate of drug-likeness (QED) is 0.340. The Balaban J connectivity index is 1.26. The van der Waals surface area contributed by atoms with E-state index in [2.05, 4.69) is 84.4 Å². The summed E-state index contributed by atoms with van der Waals surface area (Å²) in [6.07, 6.45) is 3.56. The number of aliphatic hydroxyl groups is 1. The Bertz CT molecular complexity index is 1300. The van der Waals surface area contributed by atoms with Gasteiger partial charge in [0, 0.05) is 42.7 Å². The highest BCUT2D eigenvalue weighted by atomic mass is 16.5. The SMILES string of the molecule is CCC(O)(CN1CCc2ccccc2C1)C(C)COc1cccc(-c2cccc3cccnc23)c1. The molecule has 4 aromatic rings. The summed E-state index contributed by atoms with van der Waals surface area (Å²) in [5.41, 5.74) is 5.17. The van der Waals surface area contributed by atoms with Crippen LogP contribution in [-0.2, 0) is 13.0 Å². The van der Waals surface area contributed by atoms with Gasteiger partial charge in [-0.05, 0) is 47.7 Å². The first-order valence-corrected chi connectivity index (χ1v) is 12.6. The molecule has 1 aromatic heterocycles. The largest absolute Gasteiger partial charge is 0.493 e. The van der Waals surface area contributed by atoms with E-state index < -0.39 is 5.60 Å². The Kier molecular flexibility index (Phi) is 6.85. The molecule has 180 valence electrons. The van der Waals surface area contributed by atoms with E-state index in [0.717, 1.165) is 47.3 Å². The van der Waals surface area contributed by atoms with Crippen LogP contribution in [0.3, 0.4) is 0 Å². The fraction of sp³-hybridized carbons (Fsp3) is 0.323. The highest BCUT2D eigenvalue weighted by Gasteiger charge is 2.35. The third kappa shape index (κ3) is 5.09. The van der Waals surface area contributed by atoms with Crippen LogP contribution in [0, 0.1) is 5.92 Å². The lowest BCUT2D eigenvalue weighted by molar-refractivity contribution is -0.0584. The van der Waals surface area contributed by atoms with Crippen molar-refractivity contribution in [3.63, 3.8) is 0 Å². The second-order valence-corrected chi connectivity index (χ2v) is 9.81. The van der Waals surface area contributed by atoms with E-state index in [1.807, 2.05) is 24.4 Å². The maximum absolute atomic E-state index is 11.6. The van der Waals surface area contributed by atoms with E-state index in [-0.39, 0.29) is 5.92 Å². The lowest BCUT2D eigenvalue weighted by atomic mass is 9.85. The summed E-state index contributed by atoms with van der Waals surface area (Å²) in [4.78, 5) is 6.98. The predicted octanol–water partition coefficient (Wildman–Crippen LogP) is 6.12. The molecule has 2 atom stereocenters. The summed E-state index contributed by atoms with van der Waals surface area (Å²) in [7, 11) is 0. The molecule has 0 saturated carbocycles. The van der Waals surface area contributed by atoms with Crippen LogP contribution in [0.15, 0.2) is 85.1 Å². The van der Waals surface area contributed by atoms with Crippen molar-refractivity contribution in [3.8, 4) is 16.9 Å². The van der Waals surface area contributed by atoms with Crippen molar-refractivity contribution in [1.29, 1.82) is 0 Å². The Morgan fingerprint density at radius 2 is 1.80 bits per heavy atom. The molecule has 4 nitrogen and oxygen atoms in total. The third-order valence-electron chi connectivity index (χ3n) is 7.51. The Hall–Kier alpha value is -3.21. The molecule has 2 unspecified atom stereocenters. The van der Waals surface area contributed by atoms with Gasteiger partial charge in [0.05, 0.1) is 17.7 Å². The van der Waals surface area contributed by atoms with E-state index in [9.17, 15) is 5.11 Å². The number of ether oxygens (including phenoxy) is 1. The Morgan fingerprint density at radius 3 is 2.66 bits per heavy atom. The minimum atomic E-state index is -0.802. The summed E-state index contributed by atoms with van der Waals surface area (Å²) < 4.78 is 6.24. The van der Waals surface area contributed by atoms with Crippen LogP contribution in [0.5, 0.6) is 5.75 Å². The van der Waals surface area contributed by atoms with Gasteiger partial charge in [-0.3, -0.25) is 9.88 Å². The molecule has 0 fully saturated rings. The van der Waals surface area contributed by atoms with Crippen LogP contribution in [0.4, 0.5) is 0 Å². The molecular weight excluding hydrogens is 432 g/mol. The average Bonchev–Trinajstić information content (AvgIpc) is 2.91. The van der Waals surface area contributed by atoms with Gasteiger partial charge in [-0.25, -0.2) is 0 Å². The standard InChI is InChI=1S/C31H34N2O2/c1-3-31(34,22-33-18-16-24-9-4-5-10-27(24)20-33)23(2)21-35-28-14-6-12-26(19-28)29-15-7-11-25-13-8-17-32-30(25)29/h4-15,17,19,23,34H,3,16,18,20-22H2,1-2H3. The van der Waals surface area contributed by atoms with Crippen LogP contribution in [0.25, 0.3) is 22.0 Å². The number of hydrogen-bond acceptors (Lipinski definition) is 4. The van der Waals surface area contributed by atoms with Crippen molar-refractivity contribution in [2.45, 2.75) is 38.8 Å². The van der Waals surface area contributed by atoms with Crippen LogP contribution in [0.2, 0.25) is 0 Å². The minimum absolute atomic E-state index is 0.00690. The normalized spacial score (nSPS) is 16.4. The maximum atomic E-state index is 11.6. The van der Waals surface area contributed by atoms with Gasteiger partial charge in [-0.2, -0.15) is 0 Å². The van der Waals surface area contributed by atoms with E-state index >= 15 is 0 Å². The Labute approximate surface area is 208 Å². The summed E-state index contributed by atoms with van der Waals surface area (Å²) >= 11 is 0. The second-order valence-electron chi connectivity index (χ2n) is 9.81. The third-order valence-corrected chi connectivity index (χ3v) is 7.51. The van der Waals surface area contributed by atoms with Crippen molar-refractivity contribution in [1.82, 2.24) is 9.88 Å². The zero-order valence-electron chi connectivity index (χ0n) is 20.7. The van der Waals surface area contributed by atoms with Crippen molar-refractivity contribution >= 4 is 10.9 Å². The zero-order valence-corrected chi connectivity index (χ0v) is 20.7. The van der Waals surface area contributed by atoms with Gasteiger partial charge in [-0.1, -0.05) is 74.5 Å². The van der Waals surface area contributed by atoms with E-state index in [4.69, 9.17) is 4.74 Å². The molecule has 0 radical (unpaired) electrons. The van der Waals surface area contributed by atoms with Gasteiger partial charge in [0.25, 0.3) is 0 Å². The lowest BCUT2D eigenvalue weighted by Gasteiger charge is -2.39. The van der Waals surface area contributed by atoms with Crippen LogP contribution < -0.4 is 4.74 Å². The molecule has 0 saturated heterocycles. The van der Waals surface area contributed by atoms with Crippen molar-refractivity contribution in [2.24, 2.45) is 5.92 Å². The molecule has 0 spiro atoms. The number of para-hydroxylation sites is 1. The predicted molar refractivity (Wildman–Crippen MR) is 143 cm³/mol. The molecule has 1 aliphatic rings. The fourth-order valence-electron chi connectivity index (χ4n) is 5.16.